The lowest BCUT2D eigenvalue weighted by molar-refractivity contribution is -0.126. The molecule has 0 aliphatic carbocycles. The van der Waals surface area contributed by atoms with Crippen molar-refractivity contribution in [3.8, 4) is 0 Å². The molecule has 3 rings (SSSR count). The van der Waals surface area contributed by atoms with Crippen molar-refractivity contribution in [3.05, 3.63) is 47.1 Å². The second-order valence-corrected chi connectivity index (χ2v) is 8.05. The zero-order valence-corrected chi connectivity index (χ0v) is 17.5. The van der Waals surface area contributed by atoms with Gasteiger partial charge >= 0.3 is 0 Å². The minimum Gasteiger partial charge on any atom is -0.356 e. The van der Waals surface area contributed by atoms with E-state index in [0.717, 1.165) is 24.8 Å². The molecule has 1 atom stereocenters. The van der Waals surface area contributed by atoms with Crippen LogP contribution in [0.2, 0.25) is 0 Å². The highest BCUT2D eigenvalue weighted by molar-refractivity contribution is 5.94. The van der Waals surface area contributed by atoms with Crippen molar-refractivity contribution in [2.24, 2.45) is 5.92 Å². The third-order valence-electron chi connectivity index (χ3n) is 5.24. The van der Waals surface area contributed by atoms with E-state index in [9.17, 15) is 9.59 Å². The lowest BCUT2D eigenvalue weighted by Gasteiger charge is -2.32. The molecule has 1 aliphatic rings. The van der Waals surface area contributed by atoms with Crippen molar-refractivity contribution in [2.45, 2.75) is 52.4 Å². The van der Waals surface area contributed by atoms with Crippen molar-refractivity contribution in [1.29, 1.82) is 0 Å². The van der Waals surface area contributed by atoms with E-state index in [4.69, 9.17) is 4.52 Å². The van der Waals surface area contributed by atoms with Crippen LogP contribution in [0.1, 0.15) is 66.7 Å². The van der Waals surface area contributed by atoms with Gasteiger partial charge in [0.2, 0.25) is 11.8 Å². The van der Waals surface area contributed by atoms with Crippen LogP contribution in [0, 0.1) is 12.8 Å². The van der Waals surface area contributed by atoms with Gasteiger partial charge in [0, 0.05) is 37.5 Å². The number of carbonyl (C=O) groups is 2. The number of hydrogen-bond donors (Lipinski definition) is 1. The smallest absolute Gasteiger partial charge is 0.253 e. The number of piperidine rings is 1. The van der Waals surface area contributed by atoms with Crippen molar-refractivity contribution in [1.82, 2.24) is 20.4 Å². The summed E-state index contributed by atoms with van der Waals surface area (Å²) in [6.07, 6.45) is 3.04. The number of amides is 2. The van der Waals surface area contributed by atoms with Crippen molar-refractivity contribution < 1.29 is 14.1 Å². The molecule has 2 heterocycles. The van der Waals surface area contributed by atoms with Gasteiger partial charge < -0.3 is 14.7 Å². The maximum atomic E-state index is 12.7. The number of nitrogens with one attached hydrogen (secondary N) is 1. The van der Waals surface area contributed by atoms with E-state index < -0.39 is 0 Å². The van der Waals surface area contributed by atoms with Crippen LogP contribution in [0.5, 0.6) is 0 Å². The van der Waals surface area contributed by atoms with Crippen molar-refractivity contribution >= 4 is 11.8 Å². The van der Waals surface area contributed by atoms with Crippen LogP contribution >= 0.6 is 0 Å². The van der Waals surface area contributed by atoms with Crippen LogP contribution in [-0.4, -0.2) is 46.5 Å². The van der Waals surface area contributed by atoms with Gasteiger partial charge in [0.1, 0.15) is 0 Å². The fraction of sp³-hybridized carbons (Fsp3) is 0.545. The molecule has 2 aromatic rings. The summed E-state index contributed by atoms with van der Waals surface area (Å²) in [7, 11) is 0. The van der Waals surface area contributed by atoms with Gasteiger partial charge in [-0.2, -0.15) is 4.98 Å². The van der Waals surface area contributed by atoms with Crippen LogP contribution in [0.25, 0.3) is 0 Å². The molecule has 1 aromatic carbocycles. The summed E-state index contributed by atoms with van der Waals surface area (Å²) in [5.74, 6) is 1.41. The molecule has 0 saturated carbocycles. The highest BCUT2D eigenvalue weighted by Crippen LogP contribution is 2.19. The second kappa shape index (κ2) is 9.67. The third-order valence-corrected chi connectivity index (χ3v) is 5.24. The van der Waals surface area contributed by atoms with E-state index in [2.05, 4.69) is 15.5 Å². The summed E-state index contributed by atoms with van der Waals surface area (Å²) >= 11 is 0. The first-order chi connectivity index (χ1) is 13.9. The Hall–Kier alpha value is -2.70. The lowest BCUT2D eigenvalue weighted by Crippen LogP contribution is -2.45. The minimum absolute atomic E-state index is 0.000138. The largest absolute Gasteiger partial charge is 0.356 e. The fourth-order valence-corrected chi connectivity index (χ4v) is 3.45. The van der Waals surface area contributed by atoms with Gasteiger partial charge in [-0.1, -0.05) is 36.7 Å². The number of aryl methyl sites for hydroxylation is 2. The Kier molecular flexibility index (Phi) is 7.01. The molecule has 0 spiro atoms. The SMILES string of the molecule is Cc1ccc(C(=O)N2CCCC(C(=O)NCCCc3nc(C(C)C)no3)C2)cc1. The van der Waals surface area contributed by atoms with Crippen LogP contribution in [-0.2, 0) is 11.2 Å². The van der Waals surface area contributed by atoms with Gasteiger partial charge in [-0.15, -0.1) is 0 Å². The minimum atomic E-state index is -0.158. The van der Waals surface area contributed by atoms with Crippen LogP contribution in [0.4, 0.5) is 0 Å². The van der Waals surface area contributed by atoms with Gasteiger partial charge in [-0.25, -0.2) is 0 Å². The maximum Gasteiger partial charge on any atom is 0.253 e. The summed E-state index contributed by atoms with van der Waals surface area (Å²) in [5, 5.41) is 6.94. The summed E-state index contributed by atoms with van der Waals surface area (Å²) < 4.78 is 5.22. The summed E-state index contributed by atoms with van der Waals surface area (Å²) in [6, 6.07) is 7.58. The molecular weight excluding hydrogens is 368 g/mol. The van der Waals surface area contributed by atoms with Crippen molar-refractivity contribution in [3.63, 3.8) is 0 Å². The molecule has 0 radical (unpaired) electrons. The molecule has 2 amide bonds. The monoisotopic (exact) mass is 398 g/mol. The average molecular weight is 399 g/mol. The average Bonchev–Trinajstić information content (AvgIpc) is 3.20. The van der Waals surface area contributed by atoms with E-state index in [0.29, 0.717) is 43.3 Å². The molecule has 1 saturated heterocycles. The van der Waals surface area contributed by atoms with Gasteiger partial charge in [0.25, 0.3) is 5.91 Å². The van der Waals surface area contributed by atoms with E-state index in [1.165, 1.54) is 0 Å². The molecule has 156 valence electrons. The number of benzene rings is 1. The molecular formula is C22H30N4O3. The summed E-state index contributed by atoms with van der Waals surface area (Å²) in [4.78, 5) is 31.4. The highest BCUT2D eigenvalue weighted by atomic mass is 16.5. The zero-order chi connectivity index (χ0) is 20.8. The number of rotatable bonds is 7. The van der Waals surface area contributed by atoms with Crippen LogP contribution in [0.15, 0.2) is 28.8 Å². The molecule has 1 N–H and O–H groups in total. The van der Waals surface area contributed by atoms with E-state index in [-0.39, 0.29) is 23.7 Å². The standard InChI is InChI=1S/C22H30N4O3/c1-15(2)20-24-19(29-25-20)7-4-12-23-21(27)18-6-5-13-26(14-18)22(28)17-10-8-16(3)9-11-17/h8-11,15,18H,4-7,12-14H2,1-3H3,(H,23,27). The maximum absolute atomic E-state index is 12.7. The van der Waals surface area contributed by atoms with E-state index in [1.807, 2.05) is 45.0 Å². The number of hydrogen-bond acceptors (Lipinski definition) is 5. The Labute approximate surface area is 171 Å². The van der Waals surface area contributed by atoms with Crippen molar-refractivity contribution in [2.75, 3.05) is 19.6 Å². The van der Waals surface area contributed by atoms with Crippen LogP contribution < -0.4 is 5.32 Å². The second-order valence-electron chi connectivity index (χ2n) is 8.05. The Morgan fingerprint density at radius 1 is 1.28 bits per heavy atom. The molecule has 0 bridgehead atoms. The van der Waals surface area contributed by atoms with Gasteiger partial charge in [0.15, 0.2) is 5.82 Å². The molecule has 1 aliphatic heterocycles. The summed E-state index contributed by atoms with van der Waals surface area (Å²) in [6.45, 7) is 7.77. The molecule has 7 nitrogen and oxygen atoms in total. The number of carbonyl (C=O) groups excluding carboxylic acids is 2. The Bertz CT molecular complexity index is 829. The first-order valence-corrected chi connectivity index (χ1v) is 10.4. The van der Waals surface area contributed by atoms with Gasteiger partial charge in [-0.3, -0.25) is 9.59 Å². The zero-order valence-electron chi connectivity index (χ0n) is 17.5. The first kappa shape index (κ1) is 21.0. The fourth-order valence-electron chi connectivity index (χ4n) is 3.45. The first-order valence-electron chi connectivity index (χ1n) is 10.4. The lowest BCUT2D eigenvalue weighted by atomic mass is 9.96. The quantitative estimate of drug-likeness (QED) is 0.724. The molecule has 1 unspecified atom stereocenters. The number of nitrogens with zero attached hydrogens (tertiary/aromatic N) is 3. The normalized spacial score (nSPS) is 16.8. The van der Waals surface area contributed by atoms with Gasteiger partial charge in [-0.05, 0) is 38.3 Å². The Balaban J connectivity index is 1.44. The third kappa shape index (κ3) is 5.65. The Morgan fingerprint density at radius 2 is 2.03 bits per heavy atom. The highest BCUT2D eigenvalue weighted by Gasteiger charge is 2.28. The topological polar surface area (TPSA) is 88.3 Å². The molecule has 7 heteroatoms. The summed E-state index contributed by atoms with van der Waals surface area (Å²) in [5.41, 5.74) is 1.80. The number of aromatic nitrogens is 2. The Morgan fingerprint density at radius 3 is 2.72 bits per heavy atom. The molecule has 29 heavy (non-hydrogen) atoms. The molecule has 1 aromatic heterocycles. The molecule has 1 fully saturated rings. The predicted molar refractivity (Wildman–Crippen MR) is 110 cm³/mol. The van der Waals surface area contributed by atoms with E-state index in [1.54, 1.807) is 4.90 Å². The van der Waals surface area contributed by atoms with E-state index >= 15 is 0 Å². The predicted octanol–water partition coefficient (Wildman–Crippen LogP) is 3.10. The van der Waals surface area contributed by atoms with Gasteiger partial charge in [0.05, 0.1) is 5.92 Å². The number of likely N-dealkylation sites (tertiary alicyclic amines) is 1. The van der Waals surface area contributed by atoms with Crippen LogP contribution in [0.3, 0.4) is 0 Å².